The molecule has 1 atom stereocenters. The van der Waals surface area contributed by atoms with Gasteiger partial charge in [-0.2, -0.15) is 0 Å². The summed E-state index contributed by atoms with van der Waals surface area (Å²) in [6.07, 6.45) is -0.813. The van der Waals surface area contributed by atoms with Crippen molar-refractivity contribution in [1.82, 2.24) is 0 Å². The van der Waals surface area contributed by atoms with Gasteiger partial charge in [0.2, 0.25) is 0 Å². The van der Waals surface area contributed by atoms with Crippen molar-refractivity contribution in [2.75, 3.05) is 7.11 Å². The van der Waals surface area contributed by atoms with Gasteiger partial charge in [-0.3, -0.25) is 0 Å². The van der Waals surface area contributed by atoms with E-state index in [9.17, 15) is 5.11 Å². The summed E-state index contributed by atoms with van der Waals surface area (Å²) in [4.78, 5) is 0. The zero-order chi connectivity index (χ0) is 12.7. The number of methoxy groups -OCH3 is 1. The summed E-state index contributed by atoms with van der Waals surface area (Å²) in [7, 11) is 1.50. The molecule has 0 aromatic heterocycles. The molecule has 2 heteroatoms. The largest absolute Gasteiger partial charge is 0.364 e. The smallest absolute Gasteiger partial charge is 0.180 e. The molecule has 0 radical (unpaired) electrons. The molecular weight excluding hydrogens is 200 g/mol. The molecule has 0 heterocycles. The molecule has 0 aliphatic carbocycles. The third-order valence-corrected chi connectivity index (χ3v) is 2.30. The highest BCUT2D eigenvalue weighted by Crippen LogP contribution is 2.22. The minimum atomic E-state index is -0.813. The summed E-state index contributed by atoms with van der Waals surface area (Å²) < 4.78 is 4.88. The van der Waals surface area contributed by atoms with Crippen molar-refractivity contribution in [2.24, 2.45) is 0 Å². The first kappa shape index (κ1) is 15.1. The van der Waals surface area contributed by atoms with Gasteiger partial charge in [-0.25, -0.2) is 0 Å². The zero-order valence-corrected chi connectivity index (χ0v) is 11.2. The molecule has 0 aliphatic rings. The number of benzene rings is 1. The SMILES string of the molecule is CC.COC(O)c1cc(C)cc(C(C)C)c1. The van der Waals surface area contributed by atoms with Gasteiger partial charge >= 0.3 is 0 Å². The molecule has 0 saturated carbocycles. The summed E-state index contributed by atoms with van der Waals surface area (Å²) >= 11 is 0. The summed E-state index contributed by atoms with van der Waals surface area (Å²) in [6, 6.07) is 6.07. The van der Waals surface area contributed by atoms with E-state index in [4.69, 9.17) is 4.74 Å². The minimum Gasteiger partial charge on any atom is -0.364 e. The number of rotatable bonds is 3. The van der Waals surface area contributed by atoms with Gasteiger partial charge in [0.25, 0.3) is 0 Å². The number of hydrogen-bond acceptors (Lipinski definition) is 2. The number of ether oxygens (including phenoxy) is 1. The fourth-order valence-electron chi connectivity index (χ4n) is 1.46. The highest BCUT2D eigenvalue weighted by atomic mass is 16.6. The molecule has 1 rings (SSSR count). The monoisotopic (exact) mass is 224 g/mol. The molecule has 1 unspecified atom stereocenters. The standard InChI is InChI=1S/C12H18O2.C2H6/c1-8(2)10-5-9(3)6-11(7-10)12(13)14-4;1-2/h5-8,12-13H,1-4H3;1-2H3. The van der Waals surface area contributed by atoms with E-state index in [1.165, 1.54) is 12.7 Å². The molecule has 1 aromatic rings. The molecule has 0 bridgehead atoms. The molecule has 1 N–H and O–H groups in total. The summed E-state index contributed by atoms with van der Waals surface area (Å²) in [5, 5.41) is 9.54. The van der Waals surface area contributed by atoms with Crippen molar-refractivity contribution in [3.63, 3.8) is 0 Å². The fourth-order valence-corrected chi connectivity index (χ4v) is 1.46. The maximum Gasteiger partial charge on any atom is 0.180 e. The van der Waals surface area contributed by atoms with Gasteiger partial charge in [-0.15, -0.1) is 0 Å². The summed E-state index contributed by atoms with van der Waals surface area (Å²) in [5.41, 5.74) is 3.22. The molecule has 0 spiro atoms. The van der Waals surface area contributed by atoms with Gasteiger partial charge in [-0.1, -0.05) is 51.5 Å². The van der Waals surface area contributed by atoms with Gasteiger partial charge in [0.15, 0.2) is 6.29 Å². The van der Waals surface area contributed by atoms with E-state index < -0.39 is 6.29 Å². The fraction of sp³-hybridized carbons (Fsp3) is 0.571. The van der Waals surface area contributed by atoms with Gasteiger partial charge in [-0.05, 0) is 18.4 Å². The van der Waals surface area contributed by atoms with Gasteiger partial charge in [0.1, 0.15) is 0 Å². The van der Waals surface area contributed by atoms with Crippen LogP contribution in [0.15, 0.2) is 18.2 Å². The van der Waals surface area contributed by atoms with Crippen LogP contribution in [0, 0.1) is 6.92 Å². The molecule has 0 saturated heterocycles. The Bertz CT molecular complexity index is 306. The number of aliphatic hydroxyl groups excluding tert-OH is 1. The average molecular weight is 224 g/mol. The van der Waals surface area contributed by atoms with Crippen LogP contribution in [0.5, 0.6) is 0 Å². The van der Waals surface area contributed by atoms with Crippen LogP contribution in [0.2, 0.25) is 0 Å². The van der Waals surface area contributed by atoms with Crippen LogP contribution in [-0.2, 0) is 4.74 Å². The number of aryl methyl sites for hydroxylation is 1. The molecular formula is C14H24O2. The Morgan fingerprint density at radius 2 is 1.56 bits per heavy atom. The van der Waals surface area contributed by atoms with Crippen molar-refractivity contribution in [1.29, 1.82) is 0 Å². The number of aliphatic hydroxyl groups is 1. The second-order valence-corrected chi connectivity index (χ2v) is 3.92. The minimum absolute atomic E-state index is 0.470. The van der Waals surface area contributed by atoms with E-state index in [0.29, 0.717) is 5.92 Å². The first-order valence-electron chi connectivity index (χ1n) is 5.87. The molecule has 2 nitrogen and oxygen atoms in total. The summed E-state index contributed by atoms with van der Waals surface area (Å²) in [5.74, 6) is 0.470. The first-order valence-corrected chi connectivity index (χ1v) is 5.87. The lowest BCUT2D eigenvalue weighted by molar-refractivity contribution is -0.0770. The normalized spacial score (nSPS) is 12.0. The molecule has 92 valence electrons. The highest BCUT2D eigenvalue weighted by Gasteiger charge is 2.08. The van der Waals surface area contributed by atoms with Gasteiger partial charge < -0.3 is 9.84 Å². The zero-order valence-electron chi connectivity index (χ0n) is 11.2. The lowest BCUT2D eigenvalue weighted by Crippen LogP contribution is -2.01. The predicted octanol–water partition coefficient (Wildman–Crippen LogP) is 3.78. The second kappa shape index (κ2) is 7.42. The quantitative estimate of drug-likeness (QED) is 0.792. The maximum absolute atomic E-state index is 9.54. The second-order valence-electron chi connectivity index (χ2n) is 3.92. The van der Waals surface area contributed by atoms with Crippen molar-refractivity contribution >= 4 is 0 Å². The van der Waals surface area contributed by atoms with Crippen molar-refractivity contribution < 1.29 is 9.84 Å². The van der Waals surface area contributed by atoms with E-state index in [-0.39, 0.29) is 0 Å². The van der Waals surface area contributed by atoms with E-state index >= 15 is 0 Å². The third kappa shape index (κ3) is 4.33. The van der Waals surface area contributed by atoms with Crippen molar-refractivity contribution in [3.05, 3.63) is 34.9 Å². The van der Waals surface area contributed by atoms with E-state index in [0.717, 1.165) is 11.1 Å². The molecule has 0 fully saturated rings. The van der Waals surface area contributed by atoms with Crippen LogP contribution in [0.4, 0.5) is 0 Å². The molecule has 16 heavy (non-hydrogen) atoms. The highest BCUT2D eigenvalue weighted by molar-refractivity contribution is 5.31. The van der Waals surface area contributed by atoms with Gasteiger partial charge in [0, 0.05) is 12.7 Å². The number of hydrogen-bond donors (Lipinski definition) is 1. The molecule has 0 aliphatic heterocycles. The van der Waals surface area contributed by atoms with Crippen LogP contribution < -0.4 is 0 Å². The van der Waals surface area contributed by atoms with E-state index in [1.54, 1.807) is 0 Å². The lowest BCUT2D eigenvalue weighted by Gasteiger charge is -2.13. The molecule has 0 amide bonds. The maximum atomic E-state index is 9.54. The topological polar surface area (TPSA) is 29.5 Å². The Hall–Kier alpha value is -0.860. The van der Waals surface area contributed by atoms with Crippen molar-refractivity contribution in [3.8, 4) is 0 Å². The van der Waals surface area contributed by atoms with Crippen LogP contribution in [0.3, 0.4) is 0 Å². The Labute approximate surface area is 99.3 Å². The molecule has 1 aromatic carbocycles. The Kier molecular flexibility index (Phi) is 7.02. The van der Waals surface area contributed by atoms with Crippen LogP contribution >= 0.6 is 0 Å². The van der Waals surface area contributed by atoms with Crippen LogP contribution in [-0.4, -0.2) is 12.2 Å². The lowest BCUT2D eigenvalue weighted by atomic mass is 9.98. The predicted molar refractivity (Wildman–Crippen MR) is 68.6 cm³/mol. The summed E-state index contributed by atoms with van der Waals surface area (Å²) in [6.45, 7) is 10.3. The van der Waals surface area contributed by atoms with Gasteiger partial charge in [0.05, 0.1) is 0 Å². The van der Waals surface area contributed by atoms with Crippen molar-refractivity contribution in [2.45, 2.75) is 46.8 Å². The average Bonchev–Trinajstić information content (AvgIpc) is 2.29. The first-order chi connectivity index (χ1) is 7.54. The van der Waals surface area contributed by atoms with E-state index in [2.05, 4.69) is 19.9 Å². The van der Waals surface area contributed by atoms with Crippen LogP contribution in [0.25, 0.3) is 0 Å². The van der Waals surface area contributed by atoms with E-state index in [1.807, 2.05) is 32.9 Å². The van der Waals surface area contributed by atoms with Crippen LogP contribution in [0.1, 0.15) is 56.6 Å². The third-order valence-electron chi connectivity index (χ3n) is 2.30. The Morgan fingerprint density at radius 1 is 1.06 bits per heavy atom. The Balaban J connectivity index is 0.00000106. The Morgan fingerprint density at radius 3 is 2.00 bits per heavy atom.